The van der Waals surface area contributed by atoms with Crippen molar-refractivity contribution in [2.45, 2.75) is 45.6 Å². The van der Waals surface area contributed by atoms with Crippen LogP contribution in [0.4, 0.5) is 0 Å². The number of rotatable bonds is 6. The predicted molar refractivity (Wildman–Crippen MR) is 125 cm³/mol. The predicted octanol–water partition coefficient (Wildman–Crippen LogP) is 1.83. The topological polar surface area (TPSA) is 112 Å². The summed E-state index contributed by atoms with van der Waals surface area (Å²) in [6.07, 6.45) is 5.05. The summed E-state index contributed by atoms with van der Waals surface area (Å²) in [6.45, 7) is 8.10. The Morgan fingerprint density at radius 2 is 2.00 bits per heavy atom. The van der Waals surface area contributed by atoms with Gasteiger partial charge in [0.25, 0.3) is 5.91 Å². The molecule has 33 heavy (non-hydrogen) atoms. The van der Waals surface area contributed by atoms with Gasteiger partial charge in [-0.2, -0.15) is 10.2 Å². The van der Waals surface area contributed by atoms with Crippen molar-refractivity contribution in [3.8, 4) is 11.3 Å². The number of carbonyl (C=O) groups excluding carboxylic acids is 2. The minimum absolute atomic E-state index is 0.0668. The molecule has 2 N–H and O–H groups in total. The van der Waals surface area contributed by atoms with Crippen LogP contribution in [0.25, 0.3) is 16.9 Å². The third kappa shape index (κ3) is 4.75. The fourth-order valence-corrected chi connectivity index (χ4v) is 4.36. The van der Waals surface area contributed by atoms with Crippen LogP contribution in [0.1, 0.15) is 54.2 Å². The van der Waals surface area contributed by atoms with Crippen LogP contribution in [-0.2, 0) is 4.79 Å². The van der Waals surface area contributed by atoms with E-state index in [1.54, 1.807) is 23.5 Å². The van der Waals surface area contributed by atoms with Crippen LogP contribution in [0.15, 0.2) is 18.6 Å². The smallest absolute Gasteiger partial charge is 0.272 e. The van der Waals surface area contributed by atoms with Gasteiger partial charge in [0.15, 0.2) is 11.3 Å². The summed E-state index contributed by atoms with van der Waals surface area (Å²) in [5, 5.41) is 14.9. The van der Waals surface area contributed by atoms with E-state index in [-0.39, 0.29) is 23.8 Å². The van der Waals surface area contributed by atoms with Crippen molar-refractivity contribution in [1.29, 1.82) is 0 Å². The molecule has 0 unspecified atom stereocenters. The second-order valence-electron chi connectivity index (χ2n) is 9.27. The molecule has 0 radical (unpaired) electrons. The first-order chi connectivity index (χ1) is 15.7. The molecular formula is C23H32N8O2. The first-order valence-electron chi connectivity index (χ1n) is 11.4. The fourth-order valence-electron chi connectivity index (χ4n) is 4.36. The van der Waals surface area contributed by atoms with Gasteiger partial charge in [-0.1, -0.05) is 13.8 Å². The van der Waals surface area contributed by atoms with E-state index in [9.17, 15) is 9.59 Å². The standard InChI is InChI=1S/C23H32N8O2/c1-14(2)19-20(16-10-15(3)22-24-13-25-31(22)11-16)27-28-21(19)23(33)26-17-6-8-30(9-7-17)12-18(32)29(4)5/h10-11,13-14,17H,6-9,12H2,1-5H3,(H,26,33)(H,27,28). The van der Waals surface area contributed by atoms with Gasteiger partial charge in [0.05, 0.1) is 12.2 Å². The molecule has 4 heterocycles. The minimum Gasteiger partial charge on any atom is -0.348 e. The molecule has 10 nitrogen and oxygen atoms in total. The molecule has 1 aliphatic heterocycles. The number of aromatic nitrogens is 5. The molecule has 1 fully saturated rings. The van der Waals surface area contributed by atoms with Gasteiger partial charge in [-0.3, -0.25) is 19.6 Å². The van der Waals surface area contributed by atoms with Crippen molar-refractivity contribution in [3.63, 3.8) is 0 Å². The Morgan fingerprint density at radius 3 is 2.67 bits per heavy atom. The molecule has 2 amide bonds. The van der Waals surface area contributed by atoms with Crippen molar-refractivity contribution >= 4 is 17.5 Å². The van der Waals surface area contributed by atoms with E-state index in [2.05, 4.69) is 44.3 Å². The highest BCUT2D eigenvalue weighted by Crippen LogP contribution is 2.31. The average Bonchev–Trinajstić information content (AvgIpc) is 3.42. The van der Waals surface area contributed by atoms with Crippen LogP contribution in [-0.4, -0.2) is 86.2 Å². The van der Waals surface area contributed by atoms with E-state index in [4.69, 9.17) is 0 Å². The maximum atomic E-state index is 13.2. The van der Waals surface area contributed by atoms with Crippen LogP contribution in [0.3, 0.4) is 0 Å². The number of likely N-dealkylation sites (N-methyl/N-ethyl adjacent to an activating group) is 1. The lowest BCUT2D eigenvalue weighted by atomic mass is 9.96. The molecule has 0 aromatic carbocycles. The summed E-state index contributed by atoms with van der Waals surface area (Å²) in [5.41, 5.74) is 4.87. The Morgan fingerprint density at radius 1 is 1.27 bits per heavy atom. The van der Waals surface area contributed by atoms with E-state index in [1.807, 2.05) is 19.2 Å². The number of fused-ring (bicyclic) bond motifs is 1. The summed E-state index contributed by atoms with van der Waals surface area (Å²) in [6, 6.07) is 2.10. The van der Waals surface area contributed by atoms with E-state index < -0.39 is 0 Å². The molecule has 176 valence electrons. The zero-order valence-corrected chi connectivity index (χ0v) is 19.9. The summed E-state index contributed by atoms with van der Waals surface area (Å²) in [5.74, 6) is 0.0372. The highest BCUT2D eigenvalue weighted by atomic mass is 16.2. The van der Waals surface area contributed by atoms with Crippen molar-refractivity contribution in [2.24, 2.45) is 0 Å². The van der Waals surface area contributed by atoms with Crippen LogP contribution in [0, 0.1) is 6.92 Å². The molecule has 0 aliphatic carbocycles. The van der Waals surface area contributed by atoms with Gasteiger partial charge < -0.3 is 10.2 Å². The monoisotopic (exact) mass is 452 g/mol. The highest BCUT2D eigenvalue weighted by molar-refractivity contribution is 5.96. The number of amides is 2. The number of piperidine rings is 1. The van der Waals surface area contributed by atoms with Gasteiger partial charge in [0, 0.05) is 50.6 Å². The van der Waals surface area contributed by atoms with E-state index in [1.165, 1.54) is 6.33 Å². The first-order valence-corrected chi connectivity index (χ1v) is 11.4. The Kier molecular flexibility index (Phi) is 6.46. The van der Waals surface area contributed by atoms with Crippen molar-refractivity contribution in [2.75, 3.05) is 33.7 Å². The quantitative estimate of drug-likeness (QED) is 0.590. The highest BCUT2D eigenvalue weighted by Gasteiger charge is 2.27. The van der Waals surface area contributed by atoms with Crippen molar-refractivity contribution in [1.82, 2.24) is 39.9 Å². The van der Waals surface area contributed by atoms with Gasteiger partial charge >= 0.3 is 0 Å². The second-order valence-corrected chi connectivity index (χ2v) is 9.27. The summed E-state index contributed by atoms with van der Waals surface area (Å²) >= 11 is 0. The molecule has 0 saturated carbocycles. The van der Waals surface area contributed by atoms with Crippen LogP contribution in [0.2, 0.25) is 0 Å². The SMILES string of the molecule is Cc1cc(-c2[nH]nc(C(=O)NC3CCN(CC(=O)N(C)C)CC3)c2C(C)C)cn2ncnc12. The molecule has 1 saturated heterocycles. The van der Waals surface area contributed by atoms with Gasteiger partial charge in [0.1, 0.15) is 6.33 Å². The first kappa shape index (κ1) is 22.9. The number of hydrogen-bond acceptors (Lipinski definition) is 6. The Balaban J connectivity index is 1.49. The molecule has 0 atom stereocenters. The molecule has 0 spiro atoms. The minimum atomic E-state index is -0.164. The average molecular weight is 453 g/mol. The van der Waals surface area contributed by atoms with Crippen LogP contribution >= 0.6 is 0 Å². The third-order valence-electron chi connectivity index (χ3n) is 6.22. The maximum absolute atomic E-state index is 13.2. The second kappa shape index (κ2) is 9.30. The normalized spacial score (nSPS) is 15.3. The molecule has 10 heteroatoms. The van der Waals surface area contributed by atoms with Gasteiger partial charge in [-0.25, -0.2) is 9.50 Å². The van der Waals surface area contributed by atoms with Gasteiger partial charge in [0.2, 0.25) is 5.91 Å². The number of aryl methyl sites for hydroxylation is 1. The molecule has 3 aromatic heterocycles. The molecule has 0 bridgehead atoms. The third-order valence-corrected chi connectivity index (χ3v) is 6.22. The summed E-state index contributed by atoms with van der Waals surface area (Å²) in [7, 11) is 3.54. The zero-order chi connectivity index (χ0) is 23.7. The number of carbonyl (C=O) groups is 2. The van der Waals surface area contributed by atoms with Crippen LogP contribution in [0.5, 0.6) is 0 Å². The number of pyridine rings is 1. The summed E-state index contributed by atoms with van der Waals surface area (Å²) in [4.78, 5) is 33.1. The maximum Gasteiger partial charge on any atom is 0.272 e. The van der Waals surface area contributed by atoms with Crippen molar-refractivity contribution < 1.29 is 9.59 Å². The van der Waals surface area contributed by atoms with E-state index >= 15 is 0 Å². The number of nitrogens with zero attached hydrogens (tertiary/aromatic N) is 6. The van der Waals surface area contributed by atoms with Crippen molar-refractivity contribution in [3.05, 3.63) is 35.4 Å². The lowest BCUT2D eigenvalue weighted by Crippen LogP contribution is -2.47. The lowest BCUT2D eigenvalue weighted by Gasteiger charge is -2.32. The zero-order valence-electron chi connectivity index (χ0n) is 19.9. The fraction of sp³-hybridized carbons (Fsp3) is 0.522. The molecule has 4 rings (SSSR count). The largest absolute Gasteiger partial charge is 0.348 e. The summed E-state index contributed by atoms with van der Waals surface area (Å²) < 4.78 is 1.74. The molecule has 3 aromatic rings. The molecular weight excluding hydrogens is 420 g/mol. The van der Waals surface area contributed by atoms with E-state index in [0.29, 0.717) is 12.2 Å². The number of hydrogen-bond donors (Lipinski definition) is 2. The number of aromatic amines is 1. The van der Waals surface area contributed by atoms with Gasteiger partial charge in [-0.15, -0.1) is 0 Å². The molecule has 1 aliphatic rings. The van der Waals surface area contributed by atoms with E-state index in [0.717, 1.165) is 54.0 Å². The van der Waals surface area contributed by atoms with Crippen LogP contribution < -0.4 is 5.32 Å². The Hall–Kier alpha value is -3.27. The number of likely N-dealkylation sites (tertiary alicyclic amines) is 1. The number of nitrogens with one attached hydrogen (secondary N) is 2. The Labute approximate surface area is 193 Å². The Bertz CT molecular complexity index is 1150. The number of H-pyrrole nitrogens is 1. The van der Waals surface area contributed by atoms with Gasteiger partial charge in [-0.05, 0) is 37.3 Å². The lowest BCUT2D eigenvalue weighted by molar-refractivity contribution is -0.130.